The number of nitrogens with one attached hydrogen (secondary N) is 1. The maximum atomic E-state index is 12.7. The summed E-state index contributed by atoms with van der Waals surface area (Å²) >= 11 is 7.11. The monoisotopic (exact) mass is 985 g/mol. The molecule has 62 heavy (non-hydrogen) atoms. The molecule has 2 saturated heterocycles. The molecule has 0 unspecified atom stereocenters. The number of aryl methyl sites for hydroxylation is 2. The van der Waals surface area contributed by atoms with E-state index in [0.717, 1.165) is 67.6 Å². The van der Waals surface area contributed by atoms with Gasteiger partial charge in [0.2, 0.25) is 5.78 Å². The highest BCUT2D eigenvalue weighted by atomic mass is 79.9. The first-order valence-corrected chi connectivity index (χ1v) is 21.6. The molecule has 2 fully saturated rings. The topological polar surface area (TPSA) is 213 Å². The number of carboxylic acid groups (broad SMARTS) is 1. The van der Waals surface area contributed by atoms with Crippen molar-refractivity contribution in [3.8, 4) is 11.3 Å². The number of imidazole rings is 1. The average molecular weight is 988 g/mol. The van der Waals surface area contributed by atoms with Crippen LogP contribution in [0.1, 0.15) is 96.4 Å². The highest BCUT2D eigenvalue weighted by molar-refractivity contribution is 9.11. The number of aromatic amines is 1. The fourth-order valence-corrected chi connectivity index (χ4v) is 8.21. The summed E-state index contributed by atoms with van der Waals surface area (Å²) < 4.78 is 22.2. The zero-order chi connectivity index (χ0) is 45.0. The Hall–Kier alpha value is -5.20. The molecule has 0 spiro atoms. The van der Waals surface area contributed by atoms with Gasteiger partial charge in [-0.3, -0.25) is 19.4 Å². The standard InChI is InChI=1S/C21H25BrN4O2.C21H25BrN2O5.C2H4O2.H3N/c1-21(2,3)28-20(27)26-10-5-6-17(26)19-23-12-16(24-19)14-7-8-15(22)13-9-11-25(4)18(13)14;1-21(2,3)29-20(27)24-10-5-6-16(24)19(26)28-12-17(25)14-7-8-15(22)13-9-11-23(4)18(13)14;1-2(3)4;/h7-9,11-12,17H,5-6,10H2,1-4H3,(H,23,24);7-9,11,16H,5-6,10,12H2,1-4H3;1H3,(H,3,4);1H3/t17-;16-;;/m00../s1. The number of ketones is 1. The van der Waals surface area contributed by atoms with E-state index in [2.05, 4.69) is 70.8 Å². The van der Waals surface area contributed by atoms with Gasteiger partial charge in [0.05, 0.1) is 29.0 Å². The molecule has 16 nitrogen and oxygen atoms in total. The Balaban J connectivity index is 0.000000247. The molecule has 0 saturated carbocycles. The van der Waals surface area contributed by atoms with Crippen molar-refractivity contribution in [1.82, 2.24) is 35.1 Å². The number of hydrogen-bond donors (Lipinski definition) is 3. The summed E-state index contributed by atoms with van der Waals surface area (Å²) in [6, 6.07) is 10.9. The Kier molecular flexibility index (Phi) is 16.2. The molecule has 336 valence electrons. The smallest absolute Gasteiger partial charge is 0.411 e. The van der Waals surface area contributed by atoms with E-state index in [1.807, 2.05) is 57.9 Å². The van der Waals surface area contributed by atoms with Crippen molar-refractivity contribution in [2.75, 3.05) is 19.7 Å². The molecule has 2 atom stereocenters. The second-order valence-corrected chi connectivity index (χ2v) is 18.7. The highest BCUT2D eigenvalue weighted by Gasteiger charge is 2.38. The van der Waals surface area contributed by atoms with Crippen molar-refractivity contribution in [1.29, 1.82) is 0 Å². The van der Waals surface area contributed by atoms with Gasteiger partial charge in [-0.2, -0.15) is 0 Å². The number of nitrogens with zero attached hydrogens (tertiary/aromatic N) is 5. The van der Waals surface area contributed by atoms with Crippen molar-refractivity contribution in [2.45, 2.75) is 97.4 Å². The minimum atomic E-state index is -0.833. The Labute approximate surface area is 378 Å². The number of Topliss-reactive ketones (excluding diaryl/α,β-unsaturated/α-hetero) is 1. The van der Waals surface area contributed by atoms with Crippen LogP contribution in [-0.4, -0.2) is 101 Å². The van der Waals surface area contributed by atoms with Crippen LogP contribution in [0.15, 0.2) is 63.9 Å². The molecule has 18 heteroatoms. The van der Waals surface area contributed by atoms with E-state index >= 15 is 0 Å². The molecule has 2 aromatic carbocycles. The first-order chi connectivity index (χ1) is 28.6. The van der Waals surface area contributed by atoms with Gasteiger partial charge >= 0.3 is 18.2 Å². The Morgan fingerprint density at radius 3 is 1.90 bits per heavy atom. The Morgan fingerprint density at radius 2 is 1.31 bits per heavy atom. The number of hydrogen-bond acceptors (Lipinski definition) is 10. The van der Waals surface area contributed by atoms with Gasteiger partial charge in [-0.05, 0) is 104 Å². The minimum absolute atomic E-state index is 0. The fraction of sp³-hybridized carbons (Fsp3) is 0.455. The molecule has 0 bridgehead atoms. The van der Waals surface area contributed by atoms with Crippen LogP contribution in [0.2, 0.25) is 0 Å². The van der Waals surface area contributed by atoms with Gasteiger partial charge in [0.15, 0.2) is 6.61 Å². The SMILES string of the molecule is CC(=O)O.Cn1ccc2c(Br)ccc(-c3cnc([C@@H]4CCCN4C(=O)OC(C)(C)C)[nH]3)c21.Cn1ccc2c(Br)ccc(C(=O)COC(=O)[C@@H]3CCCN3C(=O)OC(C)(C)C)c21.N. The van der Waals surface area contributed by atoms with E-state index in [0.29, 0.717) is 31.5 Å². The molecule has 5 N–H and O–H groups in total. The molecule has 2 aliphatic rings. The maximum Gasteiger partial charge on any atom is 0.411 e. The van der Waals surface area contributed by atoms with Gasteiger partial charge in [-0.1, -0.05) is 31.9 Å². The quantitative estimate of drug-likeness (QED) is 0.0827. The summed E-state index contributed by atoms with van der Waals surface area (Å²) in [5.74, 6) is -0.898. The number of halogens is 2. The van der Waals surface area contributed by atoms with Gasteiger partial charge in [0.1, 0.15) is 23.1 Å². The van der Waals surface area contributed by atoms with Crippen LogP contribution in [-0.2, 0) is 37.9 Å². The lowest BCUT2D eigenvalue weighted by Crippen LogP contribution is -2.44. The van der Waals surface area contributed by atoms with Crippen LogP contribution in [0.25, 0.3) is 33.1 Å². The van der Waals surface area contributed by atoms with E-state index in [-0.39, 0.29) is 30.7 Å². The summed E-state index contributed by atoms with van der Waals surface area (Å²) in [6.45, 7) is 12.8. The molecule has 3 aromatic heterocycles. The third-order valence-corrected chi connectivity index (χ3v) is 11.2. The van der Waals surface area contributed by atoms with E-state index in [1.54, 1.807) is 37.8 Å². The number of carbonyl (C=O) groups excluding carboxylic acids is 4. The molecular weight excluding hydrogens is 930 g/mol. The molecule has 0 radical (unpaired) electrons. The van der Waals surface area contributed by atoms with E-state index in [1.165, 1.54) is 4.90 Å². The molecule has 5 aromatic rings. The number of fused-ring (bicyclic) bond motifs is 2. The second-order valence-electron chi connectivity index (χ2n) is 17.0. The summed E-state index contributed by atoms with van der Waals surface area (Å²) in [5.41, 5.74) is 3.28. The summed E-state index contributed by atoms with van der Waals surface area (Å²) in [6.07, 6.45) is 7.97. The number of rotatable bonds is 6. The van der Waals surface area contributed by atoms with Crippen molar-refractivity contribution < 1.29 is 43.3 Å². The minimum Gasteiger partial charge on any atom is -0.481 e. The summed E-state index contributed by atoms with van der Waals surface area (Å²) in [4.78, 5) is 70.5. The molecule has 2 aliphatic heterocycles. The van der Waals surface area contributed by atoms with Crippen LogP contribution in [0, 0.1) is 0 Å². The van der Waals surface area contributed by atoms with Gasteiger partial charge in [-0.15, -0.1) is 0 Å². The van der Waals surface area contributed by atoms with E-state index < -0.39 is 35.3 Å². The fourth-order valence-electron chi connectivity index (χ4n) is 7.30. The zero-order valence-corrected chi connectivity index (χ0v) is 39.9. The Morgan fingerprint density at radius 1 is 0.790 bits per heavy atom. The number of amides is 2. The number of benzene rings is 2. The number of aromatic nitrogens is 4. The average Bonchev–Trinajstić information content (AvgIpc) is 4.01. The van der Waals surface area contributed by atoms with Gasteiger partial charge < -0.3 is 39.6 Å². The van der Waals surface area contributed by atoms with Crippen LogP contribution < -0.4 is 6.15 Å². The first kappa shape index (κ1) is 49.5. The van der Waals surface area contributed by atoms with Crippen molar-refractivity contribution in [2.24, 2.45) is 14.1 Å². The highest BCUT2D eigenvalue weighted by Crippen LogP contribution is 2.36. The first-order valence-electron chi connectivity index (χ1n) is 20.0. The number of likely N-dealkylation sites (tertiary alicyclic amines) is 2. The normalized spacial score (nSPS) is 16.2. The summed E-state index contributed by atoms with van der Waals surface area (Å²) in [5, 5.41) is 9.49. The zero-order valence-electron chi connectivity index (χ0n) is 36.7. The van der Waals surface area contributed by atoms with E-state index in [9.17, 15) is 19.2 Å². The number of carboxylic acids is 1. The van der Waals surface area contributed by atoms with E-state index in [4.69, 9.17) is 24.1 Å². The number of esters is 1. The largest absolute Gasteiger partial charge is 0.481 e. The Bertz CT molecular complexity index is 2420. The van der Waals surface area contributed by atoms with Gasteiger partial charge in [-0.25, -0.2) is 19.4 Å². The molecule has 2 amide bonds. The molecular formula is C44H57Br2N7O9. The van der Waals surface area contributed by atoms with Crippen molar-refractivity contribution in [3.05, 3.63) is 75.3 Å². The van der Waals surface area contributed by atoms with Crippen molar-refractivity contribution in [3.63, 3.8) is 0 Å². The number of carbonyl (C=O) groups is 5. The number of ether oxygens (including phenoxy) is 3. The summed E-state index contributed by atoms with van der Waals surface area (Å²) in [7, 11) is 3.89. The third-order valence-electron chi connectivity index (χ3n) is 9.84. The lowest BCUT2D eigenvalue weighted by Gasteiger charge is -2.27. The molecule has 5 heterocycles. The predicted octanol–water partition coefficient (Wildman–Crippen LogP) is 9.72. The van der Waals surface area contributed by atoms with Gasteiger partial charge in [0, 0.05) is 77.3 Å². The van der Waals surface area contributed by atoms with Crippen LogP contribution in [0.4, 0.5) is 9.59 Å². The van der Waals surface area contributed by atoms with Crippen LogP contribution >= 0.6 is 31.9 Å². The lowest BCUT2D eigenvalue weighted by molar-refractivity contribution is -0.147. The second kappa shape index (κ2) is 20.3. The molecule has 0 aliphatic carbocycles. The third kappa shape index (κ3) is 12.0. The predicted molar refractivity (Wildman–Crippen MR) is 243 cm³/mol. The lowest BCUT2D eigenvalue weighted by atomic mass is 10.1. The van der Waals surface area contributed by atoms with Crippen molar-refractivity contribution >= 4 is 83.6 Å². The number of H-pyrrole nitrogens is 1. The van der Waals surface area contributed by atoms with Crippen LogP contribution in [0.5, 0.6) is 0 Å². The maximum absolute atomic E-state index is 12.7. The van der Waals surface area contributed by atoms with Crippen LogP contribution in [0.3, 0.4) is 0 Å². The van der Waals surface area contributed by atoms with Gasteiger partial charge in [0.25, 0.3) is 5.97 Å². The number of aliphatic carboxylic acids is 1. The molecule has 7 rings (SSSR count).